The van der Waals surface area contributed by atoms with Crippen LogP contribution >= 0.6 is 11.6 Å². The van der Waals surface area contributed by atoms with Gasteiger partial charge < -0.3 is 10.0 Å². The molecule has 0 atom stereocenters. The van der Waals surface area contributed by atoms with E-state index in [4.69, 9.17) is 16.7 Å². The largest absolute Gasteiger partial charge is 0.395 e. The molecule has 2 aromatic rings. The molecule has 0 spiro atoms. The van der Waals surface area contributed by atoms with Crippen molar-refractivity contribution in [2.45, 2.75) is 6.42 Å². The molecule has 22 heavy (non-hydrogen) atoms. The number of nitrogens with zero attached hydrogens (tertiary/aromatic N) is 1. The van der Waals surface area contributed by atoms with Crippen LogP contribution in [0.4, 0.5) is 4.39 Å². The maximum atomic E-state index is 13.8. The van der Waals surface area contributed by atoms with Gasteiger partial charge in [0.05, 0.1) is 12.2 Å². The first-order chi connectivity index (χ1) is 10.6. The molecule has 2 aromatic carbocycles. The predicted octanol–water partition coefficient (Wildman–Crippen LogP) is 3.16. The van der Waals surface area contributed by atoms with E-state index in [0.717, 1.165) is 5.56 Å². The molecule has 3 nitrogen and oxygen atoms in total. The quantitative estimate of drug-likeness (QED) is 0.888. The summed E-state index contributed by atoms with van der Waals surface area (Å²) >= 11 is 5.83. The second-order valence-corrected chi connectivity index (χ2v) is 5.31. The van der Waals surface area contributed by atoms with Gasteiger partial charge in [-0.15, -0.1) is 0 Å². The van der Waals surface area contributed by atoms with Crippen molar-refractivity contribution in [1.29, 1.82) is 0 Å². The van der Waals surface area contributed by atoms with Crippen LogP contribution in [0.15, 0.2) is 48.5 Å². The molecule has 0 aliphatic heterocycles. The van der Waals surface area contributed by atoms with Crippen molar-refractivity contribution in [3.63, 3.8) is 0 Å². The Hall–Kier alpha value is -1.91. The molecule has 1 amide bonds. The molecule has 0 heterocycles. The number of hydrogen-bond donors (Lipinski definition) is 1. The fourth-order valence-corrected chi connectivity index (χ4v) is 2.35. The van der Waals surface area contributed by atoms with Gasteiger partial charge in [0.1, 0.15) is 5.82 Å². The van der Waals surface area contributed by atoms with Crippen LogP contribution in [0.1, 0.15) is 15.9 Å². The predicted molar refractivity (Wildman–Crippen MR) is 84.5 cm³/mol. The van der Waals surface area contributed by atoms with E-state index in [1.807, 2.05) is 30.3 Å². The minimum Gasteiger partial charge on any atom is -0.395 e. The summed E-state index contributed by atoms with van der Waals surface area (Å²) in [5.41, 5.74) is 0.999. The summed E-state index contributed by atoms with van der Waals surface area (Å²) < 4.78 is 13.8. The van der Waals surface area contributed by atoms with Crippen LogP contribution < -0.4 is 0 Å². The molecular weight excluding hydrogens is 305 g/mol. The van der Waals surface area contributed by atoms with E-state index in [9.17, 15) is 9.18 Å². The van der Waals surface area contributed by atoms with Crippen molar-refractivity contribution in [3.05, 3.63) is 70.5 Å². The highest BCUT2D eigenvalue weighted by Crippen LogP contribution is 2.17. The van der Waals surface area contributed by atoms with Crippen molar-refractivity contribution in [1.82, 2.24) is 4.90 Å². The molecule has 116 valence electrons. The van der Waals surface area contributed by atoms with Gasteiger partial charge >= 0.3 is 0 Å². The van der Waals surface area contributed by atoms with Crippen molar-refractivity contribution < 1.29 is 14.3 Å². The summed E-state index contributed by atoms with van der Waals surface area (Å²) in [7, 11) is 0. The van der Waals surface area contributed by atoms with Crippen LogP contribution in [0.25, 0.3) is 0 Å². The molecule has 0 saturated heterocycles. The Bertz CT molecular complexity index is 634. The lowest BCUT2D eigenvalue weighted by atomic mass is 10.1. The molecule has 2 rings (SSSR count). The average Bonchev–Trinajstić information content (AvgIpc) is 2.54. The maximum Gasteiger partial charge on any atom is 0.256 e. The SMILES string of the molecule is O=C(c1cc(Cl)ccc1F)N(CCO)CCc1ccccc1. The first-order valence-corrected chi connectivity index (χ1v) is 7.38. The first kappa shape index (κ1) is 16.5. The minimum absolute atomic E-state index is 0.0750. The fourth-order valence-electron chi connectivity index (χ4n) is 2.18. The first-order valence-electron chi connectivity index (χ1n) is 7.01. The zero-order chi connectivity index (χ0) is 15.9. The molecule has 0 aliphatic carbocycles. The normalized spacial score (nSPS) is 10.5. The summed E-state index contributed by atoms with van der Waals surface area (Å²) in [5, 5.41) is 9.44. The van der Waals surface area contributed by atoms with E-state index in [2.05, 4.69) is 0 Å². The number of aliphatic hydroxyl groups excluding tert-OH is 1. The Morgan fingerprint density at radius 3 is 2.55 bits per heavy atom. The molecule has 0 aliphatic rings. The molecular formula is C17H17ClFNO2. The lowest BCUT2D eigenvalue weighted by molar-refractivity contribution is 0.0719. The van der Waals surface area contributed by atoms with Gasteiger partial charge in [-0.25, -0.2) is 4.39 Å². The number of carbonyl (C=O) groups excluding carboxylic acids is 1. The fraction of sp³-hybridized carbons (Fsp3) is 0.235. The zero-order valence-corrected chi connectivity index (χ0v) is 12.8. The Labute approximate surface area is 133 Å². The van der Waals surface area contributed by atoms with E-state index in [0.29, 0.717) is 18.0 Å². The summed E-state index contributed by atoms with van der Waals surface area (Å²) in [5.74, 6) is -1.08. The van der Waals surface area contributed by atoms with Crippen LogP contribution in [-0.2, 0) is 6.42 Å². The lowest BCUT2D eigenvalue weighted by Gasteiger charge is -2.22. The van der Waals surface area contributed by atoms with E-state index in [-0.39, 0.29) is 18.7 Å². The highest BCUT2D eigenvalue weighted by atomic mass is 35.5. The molecule has 0 radical (unpaired) electrons. The monoisotopic (exact) mass is 321 g/mol. The van der Waals surface area contributed by atoms with Crippen molar-refractivity contribution in [2.24, 2.45) is 0 Å². The molecule has 0 unspecified atom stereocenters. The Kier molecular flexibility index (Phi) is 5.92. The third-order valence-electron chi connectivity index (χ3n) is 3.33. The molecule has 5 heteroatoms. The molecule has 0 bridgehead atoms. The van der Waals surface area contributed by atoms with Gasteiger partial charge in [0.15, 0.2) is 0 Å². The van der Waals surface area contributed by atoms with E-state index in [1.165, 1.54) is 23.1 Å². The number of aliphatic hydroxyl groups is 1. The van der Waals surface area contributed by atoms with Gasteiger partial charge in [0.2, 0.25) is 0 Å². The Morgan fingerprint density at radius 2 is 1.86 bits per heavy atom. The highest BCUT2D eigenvalue weighted by Gasteiger charge is 2.19. The summed E-state index contributed by atoms with van der Waals surface area (Å²) in [4.78, 5) is 13.9. The van der Waals surface area contributed by atoms with Crippen LogP contribution in [0.3, 0.4) is 0 Å². The third-order valence-corrected chi connectivity index (χ3v) is 3.56. The number of amides is 1. The van der Waals surface area contributed by atoms with Crippen LogP contribution in [-0.4, -0.2) is 35.6 Å². The van der Waals surface area contributed by atoms with E-state index < -0.39 is 11.7 Å². The van der Waals surface area contributed by atoms with Gasteiger partial charge in [-0.05, 0) is 30.2 Å². The van der Waals surface area contributed by atoms with Gasteiger partial charge in [-0.3, -0.25) is 4.79 Å². The smallest absolute Gasteiger partial charge is 0.256 e. The Morgan fingerprint density at radius 1 is 1.14 bits per heavy atom. The maximum absolute atomic E-state index is 13.8. The number of carbonyl (C=O) groups is 1. The topological polar surface area (TPSA) is 40.5 Å². The van der Waals surface area contributed by atoms with Crippen LogP contribution in [0.5, 0.6) is 0 Å². The lowest BCUT2D eigenvalue weighted by Crippen LogP contribution is -2.35. The van der Waals surface area contributed by atoms with Gasteiger partial charge in [-0.1, -0.05) is 41.9 Å². The standard InChI is InChI=1S/C17H17ClFNO2/c18-14-6-7-16(19)15(12-14)17(22)20(10-11-21)9-8-13-4-2-1-3-5-13/h1-7,12,21H,8-11H2. The molecule has 1 N–H and O–H groups in total. The number of rotatable bonds is 6. The van der Waals surface area contributed by atoms with Gasteiger partial charge in [0.25, 0.3) is 5.91 Å². The molecule has 0 saturated carbocycles. The van der Waals surface area contributed by atoms with Gasteiger partial charge in [-0.2, -0.15) is 0 Å². The number of hydrogen-bond acceptors (Lipinski definition) is 2. The second-order valence-electron chi connectivity index (χ2n) is 4.88. The van der Waals surface area contributed by atoms with Crippen LogP contribution in [0.2, 0.25) is 5.02 Å². The summed E-state index contributed by atoms with van der Waals surface area (Å²) in [6.07, 6.45) is 0.634. The minimum atomic E-state index is -0.614. The van der Waals surface area contributed by atoms with E-state index in [1.54, 1.807) is 0 Å². The third kappa shape index (κ3) is 4.29. The van der Waals surface area contributed by atoms with Crippen molar-refractivity contribution in [2.75, 3.05) is 19.7 Å². The highest BCUT2D eigenvalue weighted by molar-refractivity contribution is 6.31. The van der Waals surface area contributed by atoms with Gasteiger partial charge in [0, 0.05) is 18.1 Å². The molecule has 0 aromatic heterocycles. The zero-order valence-electron chi connectivity index (χ0n) is 12.0. The Balaban J connectivity index is 2.12. The van der Waals surface area contributed by atoms with Crippen LogP contribution in [0, 0.1) is 5.82 Å². The number of halogens is 2. The average molecular weight is 322 g/mol. The number of benzene rings is 2. The molecule has 0 fully saturated rings. The summed E-state index contributed by atoms with van der Waals surface area (Å²) in [6, 6.07) is 13.6. The van der Waals surface area contributed by atoms with Crippen molar-refractivity contribution >= 4 is 17.5 Å². The summed E-state index contributed by atoms with van der Waals surface area (Å²) in [6.45, 7) is 0.371. The van der Waals surface area contributed by atoms with Crippen molar-refractivity contribution in [3.8, 4) is 0 Å². The van der Waals surface area contributed by atoms with E-state index >= 15 is 0 Å². The second kappa shape index (κ2) is 7.92.